The van der Waals surface area contributed by atoms with Crippen molar-refractivity contribution in [3.05, 3.63) is 73.8 Å². The fourth-order valence-corrected chi connectivity index (χ4v) is 1.97. The molecule has 0 heterocycles. The number of carbonyl (C=O) groups is 1. The quantitative estimate of drug-likeness (QED) is 0.370. The lowest BCUT2D eigenvalue weighted by atomic mass is 9.98. The van der Waals surface area contributed by atoms with Gasteiger partial charge in [0, 0.05) is 41.1 Å². The molecule has 2 rings (SSSR count). The molecule has 0 amide bonds. The smallest absolute Gasteiger partial charge is 0.271 e. The van der Waals surface area contributed by atoms with Gasteiger partial charge in [0.2, 0.25) is 0 Å². The van der Waals surface area contributed by atoms with Gasteiger partial charge >= 0.3 is 0 Å². The van der Waals surface area contributed by atoms with E-state index in [0.29, 0.717) is 0 Å². The Labute approximate surface area is 129 Å². The third-order valence-electron chi connectivity index (χ3n) is 3.19. The molecular formula is C14H11N3O6. The summed E-state index contributed by atoms with van der Waals surface area (Å²) in [6, 6.07) is 8.07. The van der Waals surface area contributed by atoms with Crippen molar-refractivity contribution < 1.29 is 19.7 Å². The summed E-state index contributed by atoms with van der Waals surface area (Å²) in [6.45, 7) is 0. The van der Waals surface area contributed by atoms with E-state index in [1.165, 1.54) is 18.2 Å². The highest BCUT2D eigenvalue weighted by molar-refractivity contribution is 6.00. The number of nitro groups is 2. The molecule has 0 fully saturated rings. The van der Waals surface area contributed by atoms with Crippen LogP contribution >= 0.6 is 0 Å². The average molecular weight is 317 g/mol. The Morgan fingerprint density at radius 2 is 1.52 bits per heavy atom. The normalized spacial score (nSPS) is 11.7. The molecule has 0 bridgehead atoms. The van der Waals surface area contributed by atoms with Gasteiger partial charge in [-0.15, -0.1) is 0 Å². The maximum Gasteiger partial charge on any atom is 0.271 e. The molecule has 9 heteroatoms. The van der Waals surface area contributed by atoms with E-state index in [4.69, 9.17) is 5.73 Å². The minimum Gasteiger partial charge on any atom is -0.398 e. The summed E-state index contributed by atoms with van der Waals surface area (Å²) in [5.41, 5.74) is 5.17. The number of ketones is 1. The number of benzene rings is 2. The maximum absolute atomic E-state index is 12.2. The number of nitrogens with zero attached hydrogens (tertiary/aromatic N) is 2. The van der Waals surface area contributed by atoms with Crippen molar-refractivity contribution in [2.45, 2.75) is 6.10 Å². The number of rotatable bonds is 5. The number of anilines is 1. The zero-order valence-corrected chi connectivity index (χ0v) is 11.6. The van der Waals surface area contributed by atoms with Crippen LogP contribution < -0.4 is 5.73 Å². The van der Waals surface area contributed by atoms with Gasteiger partial charge in [0.1, 0.15) is 6.10 Å². The van der Waals surface area contributed by atoms with Gasteiger partial charge < -0.3 is 10.8 Å². The van der Waals surface area contributed by atoms with Crippen LogP contribution in [-0.4, -0.2) is 20.7 Å². The standard InChI is InChI=1S/C14H11N3O6/c15-12-7-10(17(22)23)5-6-11(12)14(19)13(18)8-1-3-9(4-2-8)16(20)21/h1-7,14,19H,15H2. The van der Waals surface area contributed by atoms with Crippen molar-refractivity contribution in [2.24, 2.45) is 0 Å². The fraction of sp³-hybridized carbons (Fsp3) is 0.0714. The van der Waals surface area contributed by atoms with Crippen LogP contribution in [0.4, 0.5) is 17.1 Å². The minimum absolute atomic E-state index is 0.0268. The second-order valence-electron chi connectivity index (χ2n) is 4.64. The van der Waals surface area contributed by atoms with Crippen molar-refractivity contribution in [3.63, 3.8) is 0 Å². The van der Waals surface area contributed by atoms with E-state index in [-0.39, 0.29) is 28.2 Å². The number of hydrogen-bond donors (Lipinski definition) is 2. The van der Waals surface area contributed by atoms with Crippen molar-refractivity contribution in [2.75, 3.05) is 5.73 Å². The van der Waals surface area contributed by atoms with Crippen LogP contribution in [0.3, 0.4) is 0 Å². The van der Waals surface area contributed by atoms with Crippen LogP contribution in [0, 0.1) is 20.2 Å². The molecule has 0 aromatic heterocycles. The minimum atomic E-state index is -1.63. The molecule has 2 aromatic rings. The summed E-state index contributed by atoms with van der Waals surface area (Å²) in [5, 5.41) is 31.3. The molecule has 0 aliphatic rings. The molecule has 0 aliphatic carbocycles. The van der Waals surface area contributed by atoms with Crippen molar-refractivity contribution in [1.29, 1.82) is 0 Å². The third kappa shape index (κ3) is 3.30. The van der Waals surface area contributed by atoms with Crippen molar-refractivity contribution in [3.8, 4) is 0 Å². The van der Waals surface area contributed by atoms with E-state index in [1.54, 1.807) is 0 Å². The van der Waals surface area contributed by atoms with Crippen LogP contribution in [0.2, 0.25) is 0 Å². The topological polar surface area (TPSA) is 150 Å². The van der Waals surface area contributed by atoms with E-state index in [0.717, 1.165) is 24.3 Å². The zero-order chi connectivity index (χ0) is 17.1. The largest absolute Gasteiger partial charge is 0.398 e. The molecule has 1 atom stereocenters. The molecule has 3 N–H and O–H groups in total. The highest BCUT2D eigenvalue weighted by atomic mass is 16.6. The molecule has 9 nitrogen and oxygen atoms in total. The molecule has 1 unspecified atom stereocenters. The summed E-state index contributed by atoms with van der Waals surface area (Å²) >= 11 is 0. The molecule has 2 aromatic carbocycles. The number of nitrogen functional groups attached to an aromatic ring is 1. The highest BCUT2D eigenvalue weighted by Gasteiger charge is 2.23. The van der Waals surface area contributed by atoms with Gasteiger partial charge in [-0.05, 0) is 18.2 Å². The molecule has 0 spiro atoms. The second kappa shape index (κ2) is 6.20. The highest BCUT2D eigenvalue weighted by Crippen LogP contribution is 2.27. The molecule has 0 saturated heterocycles. The lowest BCUT2D eigenvalue weighted by molar-refractivity contribution is -0.385. The Balaban J connectivity index is 2.29. The number of nitro benzene ring substituents is 2. The first-order valence-electron chi connectivity index (χ1n) is 6.32. The number of aliphatic hydroxyl groups excluding tert-OH is 1. The fourth-order valence-electron chi connectivity index (χ4n) is 1.97. The lowest BCUT2D eigenvalue weighted by Gasteiger charge is -2.12. The van der Waals surface area contributed by atoms with Gasteiger partial charge in [-0.1, -0.05) is 0 Å². The Morgan fingerprint density at radius 3 is 2.00 bits per heavy atom. The Morgan fingerprint density at radius 1 is 1.00 bits per heavy atom. The number of hydrogen-bond acceptors (Lipinski definition) is 7. The Bertz CT molecular complexity index is 788. The monoisotopic (exact) mass is 317 g/mol. The first kappa shape index (κ1) is 16.0. The first-order chi connectivity index (χ1) is 10.8. The van der Waals surface area contributed by atoms with Crippen molar-refractivity contribution in [1.82, 2.24) is 0 Å². The molecule has 118 valence electrons. The van der Waals surface area contributed by atoms with Gasteiger partial charge in [0.15, 0.2) is 5.78 Å². The maximum atomic E-state index is 12.2. The van der Waals surface area contributed by atoms with Crippen LogP contribution in [0.15, 0.2) is 42.5 Å². The van der Waals surface area contributed by atoms with E-state index < -0.39 is 21.7 Å². The van der Waals surface area contributed by atoms with Gasteiger partial charge in [0.25, 0.3) is 11.4 Å². The summed E-state index contributed by atoms with van der Waals surface area (Å²) < 4.78 is 0. The van der Waals surface area contributed by atoms with Crippen LogP contribution in [0.25, 0.3) is 0 Å². The summed E-state index contributed by atoms with van der Waals surface area (Å²) in [5.74, 6) is -0.722. The Hall–Kier alpha value is -3.33. The Kier molecular flexibility index (Phi) is 4.32. The summed E-state index contributed by atoms with van der Waals surface area (Å²) in [7, 11) is 0. The summed E-state index contributed by atoms with van der Waals surface area (Å²) in [4.78, 5) is 32.1. The SMILES string of the molecule is Nc1cc([N+](=O)[O-])ccc1C(O)C(=O)c1ccc([N+](=O)[O-])cc1. The summed E-state index contributed by atoms with van der Waals surface area (Å²) in [6.07, 6.45) is -1.63. The van der Waals surface area contributed by atoms with E-state index >= 15 is 0 Å². The zero-order valence-electron chi connectivity index (χ0n) is 11.6. The van der Waals surface area contributed by atoms with Crippen molar-refractivity contribution >= 4 is 22.8 Å². The molecule has 0 aliphatic heterocycles. The number of non-ortho nitro benzene ring substituents is 2. The second-order valence-corrected chi connectivity index (χ2v) is 4.64. The first-order valence-corrected chi connectivity index (χ1v) is 6.32. The van der Waals surface area contributed by atoms with E-state index in [1.807, 2.05) is 0 Å². The lowest BCUT2D eigenvalue weighted by Crippen LogP contribution is -2.14. The molecular weight excluding hydrogens is 306 g/mol. The number of carbonyl (C=O) groups excluding carboxylic acids is 1. The average Bonchev–Trinajstić information content (AvgIpc) is 2.53. The van der Waals surface area contributed by atoms with Crippen LogP contribution in [-0.2, 0) is 0 Å². The van der Waals surface area contributed by atoms with Crippen LogP contribution in [0.1, 0.15) is 22.0 Å². The van der Waals surface area contributed by atoms with Gasteiger partial charge in [-0.25, -0.2) is 0 Å². The van der Waals surface area contributed by atoms with Crippen LogP contribution in [0.5, 0.6) is 0 Å². The molecule has 23 heavy (non-hydrogen) atoms. The van der Waals surface area contributed by atoms with E-state index in [2.05, 4.69) is 0 Å². The third-order valence-corrected chi connectivity index (χ3v) is 3.19. The number of nitrogens with two attached hydrogens (primary N) is 1. The van der Waals surface area contributed by atoms with E-state index in [9.17, 15) is 30.1 Å². The number of Topliss-reactive ketones (excluding diaryl/α,β-unsaturated/α-hetero) is 1. The van der Waals surface area contributed by atoms with Gasteiger partial charge in [0.05, 0.1) is 9.85 Å². The van der Waals surface area contributed by atoms with Gasteiger partial charge in [-0.2, -0.15) is 0 Å². The predicted molar refractivity (Wildman–Crippen MR) is 79.9 cm³/mol. The van der Waals surface area contributed by atoms with Gasteiger partial charge in [-0.3, -0.25) is 25.0 Å². The number of aliphatic hydroxyl groups is 1. The molecule has 0 radical (unpaired) electrons. The molecule has 0 saturated carbocycles. The predicted octanol–water partition coefficient (Wildman–Crippen LogP) is 2.00.